The van der Waals surface area contributed by atoms with E-state index >= 15 is 0 Å². The molecule has 6 nitrogen and oxygen atoms in total. The fourth-order valence-electron chi connectivity index (χ4n) is 2.49. The molecular weight excluding hydrogens is 389 g/mol. The van der Waals surface area contributed by atoms with E-state index in [-0.39, 0.29) is 10.8 Å². The van der Waals surface area contributed by atoms with Crippen LogP contribution < -0.4 is 10.1 Å². The summed E-state index contributed by atoms with van der Waals surface area (Å²) in [6, 6.07) is 12.5. The van der Waals surface area contributed by atoms with Crippen molar-refractivity contribution in [2.75, 3.05) is 13.2 Å². The molecule has 0 saturated heterocycles. The maximum absolute atomic E-state index is 13.0. The van der Waals surface area contributed by atoms with Crippen LogP contribution in [-0.4, -0.2) is 25.1 Å². The zero-order chi connectivity index (χ0) is 20.1. The Bertz CT molecular complexity index is 970. The van der Waals surface area contributed by atoms with Crippen LogP contribution in [0.5, 0.6) is 5.75 Å². The van der Waals surface area contributed by atoms with Crippen LogP contribution in [-0.2, 0) is 14.3 Å². The van der Waals surface area contributed by atoms with Crippen molar-refractivity contribution in [2.24, 2.45) is 0 Å². The van der Waals surface area contributed by atoms with Gasteiger partial charge in [0.2, 0.25) is 0 Å². The number of para-hydroxylation sites is 1. The molecule has 146 valence electrons. The van der Waals surface area contributed by atoms with Crippen molar-refractivity contribution in [2.45, 2.75) is 13.0 Å². The van der Waals surface area contributed by atoms with Crippen molar-refractivity contribution in [3.8, 4) is 5.75 Å². The van der Waals surface area contributed by atoms with Gasteiger partial charge in [-0.2, -0.15) is 0 Å². The molecular formula is C20H17ClFNO5. The second-order valence-corrected chi connectivity index (χ2v) is 6.41. The number of furan rings is 1. The Morgan fingerprint density at radius 3 is 2.71 bits per heavy atom. The Kier molecular flexibility index (Phi) is 6.16. The van der Waals surface area contributed by atoms with Crippen molar-refractivity contribution < 1.29 is 27.9 Å². The van der Waals surface area contributed by atoms with E-state index < -0.39 is 36.9 Å². The lowest BCUT2D eigenvalue weighted by molar-refractivity contribution is -0.150. The summed E-state index contributed by atoms with van der Waals surface area (Å²) in [6.07, 6.45) is 0. The first-order chi connectivity index (χ1) is 13.4. The van der Waals surface area contributed by atoms with Crippen LogP contribution in [0, 0.1) is 5.82 Å². The minimum atomic E-state index is -0.757. The first-order valence-electron chi connectivity index (χ1n) is 8.43. The quantitative estimate of drug-likeness (QED) is 0.600. The zero-order valence-electron chi connectivity index (χ0n) is 14.9. The summed E-state index contributed by atoms with van der Waals surface area (Å²) >= 11 is 5.80. The average Bonchev–Trinajstić information content (AvgIpc) is 3.10. The molecule has 1 heterocycles. The van der Waals surface area contributed by atoms with E-state index in [4.69, 9.17) is 25.5 Å². The SMILES string of the molecule is C[C@@H](NC(=O)COC(=O)COc1ccc(F)cc1Cl)c1cc2ccccc2o1. The summed E-state index contributed by atoms with van der Waals surface area (Å²) < 4.78 is 28.7. The van der Waals surface area contributed by atoms with Gasteiger partial charge in [-0.15, -0.1) is 0 Å². The molecule has 1 aromatic heterocycles. The predicted octanol–water partition coefficient (Wildman–Crippen LogP) is 4.02. The highest BCUT2D eigenvalue weighted by molar-refractivity contribution is 6.32. The van der Waals surface area contributed by atoms with Crippen LogP contribution >= 0.6 is 11.6 Å². The van der Waals surface area contributed by atoms with Crippen LogP contribution in [0.3, 0.4) is 0 Å². The molecule has 0 aliphatic carbocycles. The Hall–Kier alpha value is -3.06. The van der Waals surface area contributed by atoms with E-state index in [1.165, 1.54) is 6.07 Å². The third-order valence-corrected chi connectivity index (χ3v) is 4.15. The minimum absolute atomic E-state index is 0.0326. The van der Waals surface area contributed by atoms with Gasteiger partial charge in [0.05, 0.1) is 11.1 Å². The molecule has 28 heavy (non-hydrogen) atoms. The largest absolute Gasteiger partial charge is 0.480 e. The smallest absolute Gasteiger partial charge is 0.344 e. The molecule has 1 atom stereocenters. The number of carbonyl (C=O) groups excluding carboxylic acids is 2. The number of nitrogens with one attached hydrogen (secondary N) is 1. The number of carbonyl (C=O) groups is 2. The fraction of sp³-hybridized carbons (Fsp3) is 0.200. The van der Waals surface area contributed by atoms with E-state index in [1.807, 2.05) is 30.3 Å². The van der Waals surface area contributed by atoms with Gasteiger partial charge in [0.15, 0.2) is 13.2 Å². The molecule has 0 fully saturated rings. The molecule has 0 aliphatic rings. The second-order valence-electron chi connectivity index (χ2n) is 6.00. The maximum Gasteiger partial charge on any atom is 0.344 e. The standard InChI is InChI=1S/C20H17ClFNO5/c1-12(18-8-13-4-2-3-5-16(13)28-18)23-19(24)10-27-20(25)11-26-17-7-6-14(22)9-15(17)21/h2-9,12H,10-11H2,1H3,(H,23,24)/t12-/m1/s1. The molecule has 0 saturated carbocycles. The number of esters is 1. The number of rotatable bonds is 7. The molecule has 0 unspecified atom stereocenters. The summed E-state index contributed by atoms with van der Waals surface area (Å²) in [5.74, 6) is -1.03. The number of hydrogen-bond acceptors (Lipinski definition) is 5. The molecule has 3 rings (SSSR count). The zero-order valence-corrected chi connectivity index (χ0v) is 15.7. The monoisotopic (exact) mass is 405 g/mol. The first-order valence-corrected chi connectivity index (χ1v) is 8.81. The van der Waals surface area contributed by atoms with E-state index in [0.717, 1.165) is 23.1 Å². The third kappa shape index (κ3) is 5.01. The van der Waals surface area contributed by atoms with Crippen molar-refractivity contribution in [3.63, 3.8) is 0 Å². The van der Waals surface area contributed by atoms with Crippen molar-refractivity contribution in [1.82, 2.24) is 5.32 Å². The van der Waals surface area contributed by atoms with Crippen LogP contribution in [0.2, 0.25) is 5.02 Å². The van der Waals surface area contributed by atoms with Gasteiger partial charge in [0.1, 0.15) is 22.9 Å². The topological polar surface area (TPSA) is 77.8 Å². The molecule has 1 amide bonds. The first kappa shape index (κ1) is 19.7. The van der Waals surface area contributed by atoms with E-state index in [1.54, 1.807) is 6.92 Å². The summed E-state index contributed by atoms with van der Waals surface area (Å²) in [5, 5.41) is 3.65. The van der Waals surface area contributed by atoms with Crippen molar-refractivity contribution >= 4 is 34.4 Å². The van der Waals surface area contributed by atoms with Crippen molar-refractivity contribution in [1.29, 1.82) is 0 Å². The second kappa shape index (κ2) is 8.75. The van der Waals surface area contributed by atoms with Crippen LogP contribution in [0.1, 0.15) is 18.7 Å². The van der Waals surface area contributed by atoms with E-state index in [0.29, 0.717) is 5.76 Å². The van der Waals surface area contributed by atoms with Gasteiger partial charge in [-0.25, -0.2) is 9.18 Å². The Labute approximate surface area is 165 Å². The van der Waals surface area contributed by atoms with Crippen LogP contribution in [0.25, 0.3) is 11.0 Å². The highest BCUT2D eigenvalue weighted by atomic mass is 35.5. The molecule has 1 N–H and O–H groups in total. The lowest BCUT2D eigenvalue weighted by Crippen LogP contribution is -2.31. The third-order valence-electron chi connectivity index (χ3n) is 3.85. The summed E-state index contributed by atoms with van der Waals surface area (Å²) in [6.45, 7) is 0.832. The van der Waals surface area contributed by atoms with Crippen LogP contribution in [0.4, 0.5) is 4.39 Å². The number of amides is 1. The molecule has 0 spiro atoms. The Morgan fingerprint density at radius 1 is 1.18 bits per heavy atom. The van der Waals surface area contributed by atoms with E-state index in [2.05, 4.69) is 5.32 Å². The molecule has 8 heteroatoms. The number of halogens is 2. The Morgan fingerprint density at radius 2 is 1.96 bits per heavy atom. The minimum Gasteiger partial charge on any atom is -0.480 e. The fourth-order valence-corrected chi connectivity index (χ4v) is 2.71. The molecule has 0 radical (unpaired) electrons. The number of hydrogen-bond donors (Lipinski definition) is 1. The lowest BCUT2D eigenvalue weighted by atomic mass is 10.2. The summed E-state index contributed by atoms with van der Waals surface area (Å²) in [5.41, 5.74) is 0.724. The molecule has 0 bridgehead atoms. The van der Waals surface area contributed by atoms with Gasteiger partial charge in [-0.05, 0) is 37.3 Å². The van der Waals surface area contributed by atoms with Gasteiger partial charge < -0.3 is 19.2 Å². The van der Waals surface area contributed by atoms with Crippen LogP contribution in [0.15, 0.2) is 52.9 Å². The molecule has 3 aromatic rings. The van der Waals surface area contributed by atoms with Gasteiger partial charge in [-0.3, -0.25) is 4.79 Å². The maximum atomic E-state index is 13.0. The normalized spacial score (nSPS) is 11.8. The van der Waals surface area contributed by atoms with Gasteiger partial charge in [0, 0.05) is 5.39 Å². The van der Waals surface area contributed by atoms with Gasteiger partial charge in [-0.1, -0.05) is 29.8 Å². The molecule has 0 aliphatic heterocycles. The Balaban J connectivity index is 1.44. The highest BCUT2D eigenvalue weighted by Gasteiger charge is 2.16. The van der Waals surface area contributed by atoms with Gasteiger partial charge >= 0.3 is 5.97 Å². The average molecular weight is 406 g/mol. The molecule has 2 aromatic carbocycles. The van der Waals surface area contributed by atoms with E-state index in [9.17, 15) is 14.0 Å². The highest BCUT2D eigenvalue weighted by Crippen LogP contribution is 2.25. The lowest BCUT2D eigenvalue weighted by Gasteiger charge is -2.12. The number of ether oxygens (including phenoxy) is 2. The number of benzene rings is 2. The van der Waals surface area contributed by atoms with Crippen molar-refractivity contribution in [3.05, 3.63) is 65.1 Å². The number of fused-ring (bicyclic) bond motifs is 1. The van der Waals surface area contributed by atoms with Gasteiger partial charge in [0.25, 0.3) is 5.91 Å². The predicted molar refractivity (Wildman–Crippen MR) is 101 cm³/mol. The summed E-state index contributed by atoms with van der Waals surface area (Å²) in [4.78, 5) is 23.7. The summed E-state index contributed by atoms with van der Waals surface area (Å²) in [7, 11) is 0.